The zero-order valence-corrected chi connectivity index (χ0v) is 8.90. The molecule has 0 spiro atoms. The number of hydrogen-bond acceptors (Lipinski definition) is 2. The lowest BCUT2D eigenvalue weighted by atomic mass is 10.3. The molecule has 0 atom stereocenters. The lowest BCUT2D eigenvalue weighted by Gasteiger charge is -2.04. The van der Waals surface area contributed by atoms with Crippen LogP contribution in [0.5, 0.6) is 0 Å². The number of nitrogens with zero attached hydrogens (tertiary/aromatic N) is 2. The molecule has 2 heterocycles. The van der Waals surface area contributed by atoms with E-state index in [1.807, 2.05) is 13.0 Å². The summed E-state index contributed by atoms with van der Waals surface area (Å²) in [6.07, 6.45) is 3.27. The molecule has 2 rings (SSSR count). The number of aryl methyl sites for hydroxylation is 1. The fourth-order valence-electron chi connectivity index (χ4n) is 1.24. The monoisotopic (exact) mass is 220 g/mol. The summed E-state index contributed by atoms with van der Waals surface area (Å²) >= 11 is 5.81. The molecule has 0 unspecified atom stereocenters. The summed E-state index contributed by atoms with van der Waals surface area (Å²) in [4.78, 5) is 15.7. The van der Waals surface area contributed by atoms with Crippen molar-refractivity contribution in [3.63, 3.8) is 0 Å². The highest BCUT2D eigenvalue weighted by Gasteiger charge is 2.00. The van der Waals surface area contributed by atoms with Gasteiger partial charge in [0.15, 0.2) is 0 Å². The maximum atomic E-state index is 11.5. The Morgan fingerprint density at radius 1 is 1.27 bits per heavy atom. The predicted octanol–water partition coefficient (Wildman–Crippen LogP) is 2.19. The fraction of sp³-hybridized carbons (Fsp3) is 0.0909. The van der Waals surface area contributed by atoms with Crippen LogP contribution in [0.3, 0.4) is 0 Å². The van der Waals surface area contributed by atoms with E-state index < -0.39 is 0 Å². The zero-order chi connectivity index (χ0) is 10.8. The van der Waals surface area contributed by atoms with Crippen LogP contribution in [0.1, 0.15) is 5.56 Å². The zero-order valence-electron chi connectivity index (χ0n) is 8.14. The van der Waals surface area contributed by atoms with E-state index >= 15 is 0 Å². The third-order valence-electron chi connectivity index (χ3n) is 2.02. The third kappa shape index (κ3) is 2.07. The summed E-state index contributed by atoms with van der Waals surface area (Å²) in [5, 5.41) is 0.511. The first kappa shape index (κ1) is 9.93. The fourth-order valence-corrected chi connectivity index (χ4v) is 1.40. The number of hydrogen-bond donors (Lipinski definition) is 0. The van der Waals surface area contributed by atoms with Gasteiger partial charge in [-0.2, -0.15) is 0 Å². The Morgan fingerprint density at radius 2 is 2.07 bits per heavy atom. The van der Waals surface area contributed by atoms with Crippen molar-refractivity contribution in [2.45, 2.75) is 6.92 Å². The van der Waals surface area contributed by atoms with Gasteiger partial charge in [0.25, 0.3) is 5.56 Å². The molecule has 2 aromatic heterocycles. The second-order valence-corrected chi connectivity index (χ2v) is 3.69. The van der Waals surface area contributed by atoms with Gasteiger partial charge in [-0.05, 0) is 24.6 Å². The highest BCUT2D eigenvalue weighted by molar-refractivity contribution is 6.30. The van der Waals surface area contributed by atoms with Gasteiger partial charge in [-0.15, -0.1) is 0 Å². The Morgan fingerprint density at radius 3 is 2.73 bits per heavy atom. The summed E-state index contributed by atoms with van der Waals surface area (Å²) in [6, 6.07) is 6.67. The number of pyridine rings is 2. The lowest BCUT2D eigenvalue weighted by Crippen LogP contribution is -2.17. The SMILES string of the molecule is Cc1ccc(-n2cc(Cl)ccc2=O)nc1. The van der Waals surface area contributed by atoms with E-state index in [4.69, 9.17) is 11.6 Å². The number of rotatable bonds is 1. The smallest absolute Gasteiger partial charge is 0.256 e. The van der Waals surface area contributed by atoms with Crippen LogP contribution in [0, 0.1) is 6.92 Å². The molecule has 4 heteroatoms. The Kier molecular flexibility index (Phi) is 2.56. The molecule has 0 N–H and O–H groups in total. The molecule has 0 saturated heterocycles. The molecule has 0 aromatic carbocycles. The van der Waals surface area contributed by atoms with E-state index in [9.17, 15) is 4.79 Å². The minimum Gasteiger partial charge on any atom is -0.269 e. The summed E-state index contributed by atoms with van der Waals surface area (Å²) in [5.74, 6) is 0.577. The van der Waals surface area contributed by atoms with Crippen molar-refractivity contribution in [2.75, 3.05) is 0 Å². The molecular weight excluding hydrogens is 212 g/mol. The van der Waals surface area contributed by atoms with E-state index in [1.54, 1.807) is 24.5 Å². The van der Waals surface area contributed by atoms with Crippen LogP contribution < -0.4 is 5.56 Å². The molecule has 0 aliphatic carbocycles. The number of aromatic nitrogens is 2. The molecule has 0 amide bonds. The highest BCUT2D eigenvalue weighted by Crippen LogP contribution is 2.08. The van der Waals surface area contributed by atoms with Gasteiger partial charge >= 0.3 is 0 Å². The lowest BCUT2D eigenvalue weighted by molar-refractivity contribution is 0.938. The molecule has 0 saturated carbocycles. The van der Waals surface area contributed by atoms with Gasteiger partial charge in [0.05, 0.1) is 5.02 Å². The second kappa shape index (κ2) is 3.87. The van der Waals surface area contributed by atoms with Gasteiger partial charge in [0.1, 0.15) is 5.82 Å². The van der Waals surface area contributed by atoms with Crippen molar-refractivity contribution < 1.29 is 0 Å². The summed E-state index contributed by atoms with van der Waals surface area (Å²) in [7, 11) is 0. The van der Waals surface area contributed by atoms with Gasteiger partial charge in [0, 0.05) is 18.5 Å². The van der Waals surface area contributed by atoms with Crippen LogP contribution >= 0.6 is 11.6 Å². The Balaban J connectivity index is 2.58. The van der Waals surface area contributed by atoms with E-state index in [-0.39, 0.29) is 5.56 Å². The first-order valence-electron chi connectivity index (χ1n) is 4.48. The Bertz CT molecular complexity index is 531. The van der Waals surface area contributed by atoms with Gasteiger partial charge < -0.3 is 0 Å². The summed E-state index contributed by atoms with van der Waals surface area (Å²) in [5.41, 5.74) is 0.907. The van der Waals surface area contributed by atoms with Crippen molar-refractivity contribution in [2.24, 2.45) is 0 Å². The molecule has 0 aliphatic rings. The van der Waals surface area contributed by atoms with Crippen LogP contribution in [-0.4, -0.2) is 9.55 Å². The van der Waals surface area contributed by atoms with Gasteiger partial charge in [-0.25, -0.2) is 4.98 Å². The second-order valence-electron chi connectivity index (χ2n) is 3.25. The normalized spacial score (nSPS) is 10.3. The summed E-state index contributed by atoms with van der Waals surface area (Å²) in [6.45, 7) is 1.94. The molecule has 0 radical (unpaired) electrons. The average Bonchev–Trinajstić information content (AvgIpc) is 2.23. The molecule has 2 aromatic rings. The van der Waals surface area contributed by atoms with Crippen molar-refractivity contribution >= 4 is 11.6 Å². The third-order valence-corrected chi connectivity index (χ3v) is 2.24. The summed E-state index contributed by atoms with van der Waals surface area (Å²) < 4.78 is 1.42. The van der Waals surface area contributed by atoms with E-state index in [1.165, 1.54) is 10.6 Å². The van der Waals surface area contributed by atoms with Crippen LogP contribution in [0.25, 0.3) is 5.82 Å². The molecule has 0 bridgehead atoms. The quantitative estimate of drug-likeness (QED) is 0.739. The minimum absolute atomic E-state index is 0.143. The van der Waals surface area contributed by atoms with Crippen molar-refractivity contribution in [3.05, 3.63) is 57.6 Å². The Hall–Kier alpha value is -1.61. The molecule has 3 nitrogen and oxygen atoms in total. The van der Waals surface area contributed by atoms with E-state index in [0.29, 0.717) is 10.8 Å². The van der Waals surface area contributed by atoms with E-state index in [0.717, 1.165) is 5.56 Å². The van der Waals surface area contributed by atoms with Crippen molar-refractivity contribution in [1.82, 2.24) is 9.55 Å². The van der Waals surface area contributed by atoms with Crippen molar-refractivity contribution in [1.29, 1.82) is 0 Å². The number of halogens is 1. The van der Waals surface area contributed by atoms with Crippen LogP contribution in [0.4, 0.5) is 0 Å². The minimum atomic E-state index is -0.143. The topological polar surface area (TPSA) is 34.9 Å². The first-order valence-corrected chi connectivity index (χ1v) is 4.86. The first-order chi connectivity index (χ1) is 7.16. The largest absolute Gasteiger partial charge is 0.269 e. The molecule has 0 fully saturated rings. The Labute approximate surface area is 92.0 Å². The maximum Gasteiger partial charge on any atom is 0.256 e. The van der Waals surface area contributed by atoms with Crippen LogP contribution in [0.15, 0.2) is 41.5 Å². The standard InChI is InChI=1S/C11H9ClN2O/c1-8-2-4-10(13-6-8)14-7-9(12)3-5-11(14)15/h2-7H,1H3. The van der Waals surface area contributed by atoms with Crippen LogP contribution in [-0.2, 0) is 0 Å². The molecule has 0 aliphatic heterocycles. The molecule has 76 valence electrons. The predicted molar refractivity (Wildman–Crippen MR) is 59.6 cm³/mol. The van der Waals surface area contributed by atoms with Crippen LogP contribution in [0.2, 0.25) is 5.02 Å². The van der Waals surface area contributed by atoms with Gasteiger partial charge in [-0.1, -0.05) is 17.7 Å². The molecule has 15 heavy (non-hydrogen) atoms. The van der Waals surface area contributed by atoms with Gasteiger partial charge in [0.2, 0.25) is 0 Å². The molecular formula is C11H9ClN2O. The average molecular weight is 221 g/mol. The van der Waals surface area contributed by atoms with Gasteiger partial charge in [-0.3, -0.25) is 9.36 Å². The van der Waals surface area contributed by atoms with Crippen molar-refractivity contribution in [3.8, 4) is 5.82 Å². The highest BCUT2D eigenvalue weighted by atomic mass is 35.5. The van der Waals surface area contributed by atoms with E-state index in [2.05, 4.69) is 4.98 Å². The maximum absolute atomic E-state index is 11.5.